The van der Waals surface area contributed by atoms with Crippen LogP contribution in [0.5, 0.6) is 0 Å². The third kappa shape index (κ3) is 4.64. The Morgan fingerprint density at radius 2 is 2.29 bits per heavy atom. The molecule has 0 saturated carbocycles. The maximum absolute atomic E-state index is 13.0. The van der Waals surface area contributed by atoms with Crippen LogP contribution in [0.1, 0.15) is 30.1 Å². The van der Waals surface area contributed by atoms with Gasteiger partial charge in [0.1, 0.15) is 5.82 Å². The van der Waals surface area contributed by atoms with E-state index in [2.05, 4.69) is 21.2 Å². The van der Waals surface area contributed by atoms with Gasteiger partial charge < -0.3 is 5.32 Å². The van der Waals surface area contributed by atoms with E-state index in [0.717, 1.165) is 6.42 Å². The summed E-state index contributed by atoms with van der Waals surface area (Å²) in [7, 11) is 0. The minimum Gasteiger partial charge on any atom is -0.352 e. The van der Waals surface area contributed by atoms with Crippen LogP contribution in [-0.2, 0) is 0 Å². The molecule has 1 aromatic carbocycles. The fraction of sp³-hybridized carbons (Fsp3) is 0.417. The molecular weight excluding hydrogens is 308 g/mol. The van der Waals surface area contributed by atoms with E-state index < -0.39 is 5.82 Å². The molecule has 0 spiro atoms. The van der Waals surface area contributed by atoms with Gasteiger partial charge in [-0.05, 0) is 47.0 Å². The second kappa shape index (κ2) is 6.97. The summed E-state index contributed by atoms with van der Waals surface area (Å²) in [4.78, 5) is 11.7. The minimum absolute atomic E-state index is 0.0613. The molecule has 0 aliphatic carbocycles. The summed E-state index contributed by atoms with van der Waals surface area (Å²) in [6, 6.07) is 4.02. The van der Waals surface area contributed by atoms with Crippen molar-refractivity contribution in [1.29, 1.82) is 0 Å². The summed E-state index contributed by atoms with van der Waals surface area (Å²) in [6.07, 6.45) is 1.57. The summed E-state index contributed by atoms with van der Waals surface area (Å²) in [5.41, 5.74) is 0.299. The van der Waals surface area contributed by atoms with Crippen LogP contribution in [0.3, 0.4) is 0 Å². The third-order valence-electron chi connectivity index (χ3n) is 2.36. The monoisotopic (exact) mass is 321 g/mol. The molecule has 2 nitrogen and oxygen atoms in total. The Morgan fingerprint density at radius 1 is 1.59 bits per heavy atom. The zero-order valence-corrected chi connectivity index (χ0v) is 11.8. The van der Waals surface area contributed by atoms with Gasteiger partial charge >= 0.3 is 0 Å². The minimum atomic E-state index is -0.429. The van der Waals surface area contributed by atoms with Crippen LogP contribution in [-0.4, -0.2) is 17.8 Å². The van der Waals surface area contributed by atoms with E-state index in [4.69, 9.17) is 11.6 Å². The van der Waals surface area contributed by atoms with Crippen LogP contribution in [0.25, 0.3) is 0 Å². The maximum atomic E-state index is 13.0. The number of amides is 1. The second-order valence-electron chi connectivity index (χ2n) is 3.67. The summed E-state index contributed by atoms with van der Waals surface area (Å²) >= 11 is 9.14. The van der Waals surface area contributed by atoms with Crippen molar-refractivity contribution in [3.05, 3.63) is 34.1 Å². The molecule has 0 saturated heterocycles. The van der Waals surface area contributed by atoms with E-state index in [0.29, 0.717) is 23.0 Å². The highest BCUT2D eigenvalue weighted by molar-refractivity contribution is 9.10. The predicted octanol–water partition coefficient (Wildman–Crippen LogP) is 3.73. The lowest BCUT2D eigenvalue weighted by atomic mass is 10.2. The first-order chi connectivity index (χ1) is 8.04. The van der Waals surface area contributed by atoms with Crippen molar-refractivity contribution in [2.24, 2.45) is 0 Å². The van der Waals surface area contributed by atoms with Gasteiger partial charge in [-0.1, -0.05) is 6.92 Å². The molecule has 0 aliphatic rings. The van der Waals surface area contributed by atoms with Crippen LogP contribution >= 0.6 is 27.5 Å². The first-order valence-electron chi connectivity index (χ1n) is 5.42. The number of rotatable bonds is 5. The molecule has 0 fully saturated rings. The average Bonchev–Trinajstić information content (AvgIpc) is 2.31. The fourth-order valence-corrected chi connectivity index (χ4v) is 1.85. The van der Waals surface area contributed by atoms with Gasteiger partial charge in [-0.2, -0.15) is 0 Å². The molecule has 1 amide bonds. The molecule has 17 heavy (non-hydrogen) atoms. The fourth-order valence-electron chi connectivity index (χ4n) is 1.31. The van der Waals surface area contributed by atoms with Gasteiger partial charge in [0.15, 0.2) is 0 Å². The van der Waals surface area contributed by atoms with Crippen molar-refractivity contribution < 1.29 is 9.18 Å². The molecule has 0 radical (unpaired) electrons. The average molecular weight is 323 g/mol. The zero-order chi connectivity index (χ0) is 12.8. The third-order valence-corrected chi connectivity index (χ3v) is 3.58. The molecule has 0 bridgehead atoms. The van der Waals surface area contributed by atoms with E-state index in [1.807, 2.05) is 6.92 Å². The van der Waals surface area contributed by atoms with Gasteiger partial charge in [-0.3, -0.25) is 4.79 Å². The highest BCUT2D eigenvalue weighted by Crippen LogP contribution is 2.17. The molecule has 1 N–H and O–H groups in total. The Hall–Kier alpha value is -0.610. The van der Waals surface area contributed by atoms with E-state index in [1.54, 1.807) is 0 Å². The number of hydrogen-bond acceptors (Lipinski definition) is 1. The van der Waals surface area contributed by atoms with Gasteiger partial charge in [0, 0.05) is 16.4 Å². The van der Waals surface area contributed by atoms with Crippen LogP contribution in [0.4, 0.5) is 4.39 Å². The van der Waals surface area contributed by atoms with Gasteiger partial charge in [0.25, 0.3) is 5.91 Å². The van der Waals surface area contributed by atoms with Crippen molar-refractivity contribution in [1.82, 2.24) is 5.32 Å². The molecule has 5 heteroatoms. The number of hydrogen-bond donors (Lipinski definition) is 1. The number of carbonyl (C=O) groups is 1. The predicted molar refractivity (Wildman–Crippen MR) is 71.0 cm³/mol. The topological polar surface area (TPSA) is 29.1 Å². The summed E-state index contributed by atoms with van der Waals surface area (Å²) in [5, 5.41) is 2.77. The first kappa shape index (κ1) is 14.5. The van der Waals surface area contributed by atoms with E-state index >= 15 is 0 Å². The van der Waals surface area contributed by atoms with Crippen molar-refractivity contribution >= 4 is 33.4 Å². The van der Waals surface area contributed by atoms with E-state index in [-0.39, 0.29) is 11.3 Å². The maximum Gasteiger partial charge on any atom is 0.252 e. The Balaban J connectivity index is 2.55. The van der Waals surface area contributed by atoms with Crippen LogP contribution in [0, 0.1) is 5.82 Å². The molecular formula is C12H14BrClFNO. The Kier molecular flexibility index (Phi) is 5.92. The van der Waals surface area contributed by atoms with Gasteiger partial charge in [0.2, 0.25) is 0 Å². The van der Waals surface area contributed by atoms with Crippen LogP contribution in [0.2, 0.25) is 0 Å². The smallest absolute Gasteiger partial charge is 0.252 e. The van der Waals surface area contributed by atoms with E-state index in [1.165, 1.54) is 18.2 Å². The lowest BCUT2D eigenvalue weighted by Crippen LogP contribution is -2.26. The van der Waals surface area contributed by atoms with Gasteiger partial charge in [0.05, 0.1) is 5.56 Å². The standard InChI is InChI=1S/C12H14BrClFNO/c1-2-8(14)5-6-16-12(17)10-7-9(15)3-4-11(10)13/h3-4,7-8H,2,5-6H2,1H3,(H,16,17). The Labute approximate surface area is 114 Å². The molecule has 1 aromatic rings. The van der Waals surface area contributed by atoms with Crippen molar-refractivity contribution in [3.63, 3.8) is 0 Å². The largest absolute Gasteiger partial charge is 0.352 e. The van der Waals surface area contributed by atoms with Crippen molar-refractivity contribution in [2.45, 2.75) is 25.1 Å². The molecule has 94 valence electrons. The lowest BCUT2D eigenvalue weighted by Gasteiger charge is -2.09. The number of alkyl halides is 1. The molecule has 0 aliphatic heterocycles. The lowest BCUT2D eigenvalue weighted by molar-refractivity contribution is 0.0952. The van der Waals surface area contributed by atoms with Crippen LogP contribution in [0.15, 0.2) is 22.7 Å². The normalized spacial score (nSPS) is 12.2. The Bertz CT molecular complexity index is 400. The molecule has 1 rings (SSSR count). The summed E-state index contributed by atoms with van der Waals surface area (Å²) in [5.74, 6) is -0.724. The number of benzene rings is 1. The zero-order valence-electron chi connectivity index (χ0n) is 9.47. The first-order valence-corrected chi connectivity index (χ1v) is 6.64. The number of carbonyl (C=O) groups excluding carboxylic acids is 1. The Morgan fingerprint density at radius 3 is 2.94 bits per heavy atom. The molecule has 0 aromatic heterocycles. The highest BCUT2D eigenvalue weighted by atomic mass is 79.9. The van der Waals surface area contributed by atoms with Gasteiger partial charge in [-0.25, -0.2) is 4.39 Å². The number of nitrogens with one attached hydrogen (secondary N) is 1. The van der Waals surface area contributed by atoms with E-state index in [9.17, 15) is 9.18 Å². The summed E-state index contributed by atoms with van der Waals surface area (Å²) < 4.78 is 13.6. The van der Waals surface area contributed by atoms with Gasteiger partial charge in [-0.15, -0.1) is 11.6 Å². The highest BCUT2D eigenvalue weighted by Gasteiger charge is 2.11. The van der Waals surface area contributed by atoms with Crippen LogP contribution < -0.4 is 5.32 Å². The number of halogens is 3. The van der Waals surface area contributed by atoms with Crippen molar-refractivity contribution in [2.75, 3.05) is 6.54 Å². The molecule has 0 heterocycles. The quantitative estimate of drug-likeness (QED) is 0.822. The molecule has 1 atom stereocenters. The molecule has 1 unspecified atom stereocenters. The second-order valence-corrected chi connectivity index (χ2v) is 5.15. The summed E-state index contributed by atoms with van der Waals surface area (Å²) in [6.45, 7) is 2.48. The van der Waals surface area contributed by atoms with Crippen molar-refractivity contribution in [3.8, 4) is 0 Å². The SMILES string of the molecule is CCC(Cl)CCNC(=O)c1cc(F)ccc1Br.